The Labute approximate surface area is 174 Å². The zero-order valence-electron chi connectivity index (χ0n) is 17.1. The van der Waals surface area contributed by atoms with Gasteiger partial charge in [-0.2, -0.15) is 0 Å². The summed E-state index contributed by atoms with van der Waals surface area (Å²) in [5.74, 6) is 0.415. The van der Waals surface area contributed by atoms with Crippen molar-refractivity contribution in [3.63, 3.8) is 0 Å². The molecule has 0 atom stereocenters. The zero-order chi connectivity index (χ0) is 21.7. The molecule has 2 aromatic heterocycles. The minimum atomic E-state index is -1.04. The molecule has 0 fully saturated rings. The second kappa shape index (κ2) is 9.03. The van der Waals surface area contributed by atoms with Gasteiger partial charge in [-0.25, -0.2) is 24.7 Å². The summed E-state index contributed by atoms with van der Waals surface area (Å²) >= 11 is 0. The zero-order valence-corrected chi connectivity index (χ0v) is 17.1. The number of aryl methyl sites for hydroxylation is 1. The highest BCUT2D eigenvalue weighted by Gasteiger charge is 2.09. The number of nitrogens with zero attached hydrogens (tertiary/aromatic N) is 7. The van der Waals surface area contributed by atoms with Gasteiger partial charge in [0.25, 0.3) is 0 Å². The normalized spacial score (nSPS) is 11.4. The molecule has 0 saturated carbocycles. The van der Waals surface area contributed by atoms with E-state index in [4.69, 9.17) is 10.8 Å². The largest absolute Gasteiger partial charge is 0.478 e. The number of imidazole rings is 1. The number of carbonyl (C=O) groups is 1. The van der Waals surface area contributed by atoms with Crippen LogP contribution in [0.5, 0.6) is 0 Å². The Hall–Kier alpha value is -3.95. The van der Waals surface area contributed by atoms with Crippen LogP contribution in [0, 0.1) is 0 Å². The summed E-state index contributed by atoms with van der Waals surface area (Å²) in [6, 6.07) is 7.75. The maximum atomic E-state index is 10.9. The topological polar surface area (TPSA) is 126 Å². The molecule has 0 aliphatic heterocycles. The van der Waals surface area contributed by atoms with Gasteiger partial charge in [-0.05, 0) is 24.3 Å². The lowest BCUT2D eigenvalue weighted by Gasteiger charge is -2.23. The fourth-order valence-electron chi connectivity index (χ4n) is 2.74. The van der Waals surface area contributed by atoms with Gasteiger partial charge in [-0.15, -0.1) is 0 Å². The van der Waals surface area contributed by atoms with Crippen LogP contribution in [0.25, 0.3) is 0 Å². The molecule has 1 aromatic carbocycles. The van der Waals surface area contributed by atoms with Gasteiger partial charge in [0.2, 0.25) is 5.95 Å². The molecule has 3 aromatic rings. The van der Waals surface area contributed by atoms with E-state index >= 15 is 0 Å². The van der Waals surface area contributed by atoms with Gasteiger partial charge >= 0.3 is 5.97 Å². The van der Waals surface area contributed by atoms with E-state index in [0.717, 1.165) is 17.9 Å². The highest BCUT2D eigenvalue weighted by Crippen LogP contribution is 2.19. The third-order valence-electron chi connectivity index (χ3n) is 4.59. The highest BCUT2D eigenvalue weighted by molar-refractivity contribution is 5.96. The third-order valence-corrected chi connectivity index (χ3v) is 4.59. The maximum Gasteiger partial charge on any atom is 0.338 e. The molecule has 0 saturated heterocycles. The van der Waals surface area contributed by atoms with E-state index < -0.39 is 5.97 Å². The fraction of sp³-hybridized carbons (Fsp3) is 0.250. The lowest BCUT2D eigenvalue weighted by Crippen LogP contribution is -2.31. The van der Waals surface area contributed by atoms with Gasteiger partial charge < -0.3 is 25.2 Å². The van der Waals surface area contributed by atoms with Crippen LogP contribution in [-0.2, 0) is 7.05 Å². The maximum absolute atomic E-state index is 10.9. The van der Waals surface area contributed by atoms with Crippen LogP contribution in [0.1, 0.15) is 16.2 Å². The number of nitrogens with two attached hydrogens (primary N) is 1. The van der Waals surface area contributed by atoms with E-state index in [1.807, 2.05) is 61.1 Å². The lowest BCUT2D eigenvalue weighted by atomic mass is 10.2. The first kappa shape index (κ1) is 20.8. The molecule has 2 heterocycles. The Kier molecular flexibility index (Phi) is 6.26. The Bertz CT molecular complexity index is 1030. The number of likely N-dealkylation sites (N-methyl/N-ethyl adjacent to an activating group) is 2. The number of rotatable bonds is 8. The quantitative estimate of drug-likeness (QED) is 0.424. The summed E-state index contributed by atoms with van der Waals surface area (Å²) in [5, 5.41) is 8.92. The molecule has 0 amide bonds. The summed E-state index contributed by atoms with van der Waals surface area (Å²) in [7, 11) is 5.72. The second-order valence-electron chi connectivity index (χ2n) is 6.80. The van der Waals surface area contributed by atoms with Crippen molar-refractivity contribution in [2.45, 2.75) is 0 Å². The van der Waals surface area contributed by atoms with Crippen LogP contribution in [0.4, 0.5) is 17.3 Å². The van der Waals surface area contributed by atoms with Gasteiger partial charge in [-0.1, -0.05) is 0 Å². The first-order chi connectivity index (χ1) is 14.3. The van der Waals surface area contributed by atoms with Crippen LogP contribution in [0.3, 0.4) is 0 Å². The van der Waals surface area contributed by atoms with Gasteiger partial charge in [0.1, 0.15) is 0 Å². The molecule has 0 bridgehead atoms. The molecule has 3 N–H and O–H groups in total. The molecular weight excluding hydrogens is 384 g/mol. The second-order valence-corrected chi connectivity index (χ2v) is 6.80. The van der Waals surface area contributed by atoms with Crippen LogP contribution in [-0.4, -0.2) is 63.6 Å². The molecule has 10 heteroatoms. The lowest BCUT2D eigenvalue weighted by molar-refractivity contribution is 0.0696. The number of aromatic carboxylic acids is 1. The molecule has 30 heavy (non-hydrogen) atoms. The summed E-state index contributed by atoms with van der Waals surface area (Å²) in [6.07, 6.45) is 6.11. The molecule has 0 unspecified atom stereocenters. The SMILES string of the molecule is CN(CCN(C)c1ncc(C(=O)O)cn1)c1ccc(N=C(N)c2nccn2C)cc1. The van der Waals surface area contributed by atoms with E-state index in [2.05, 4.69) is 24.8 Å². The molecular formula is C20H24N8O2. The van der Waals surface area contributed by atoms with E-state index in [9.17, 15) is 4.79 Å². The van der Waals surface area contributed by atoms with E-state index in [1.54, 1.807) is 6.20 Å². The first-order valence-electron chi connectivity index (χ1n) is 9.24. The predicted molar refractivity (Wildman–Crippen MR) is 116 cm³/mol. The van der Waals surface area contributed by atoms with Crippen LogP contribution < -0.4 is 15.5 Å². The number of anilines is 2. The van der Waals surface area contributed by atoms with E-state index in [1.165, 1.54) is 12.4 Å². The van der Waals surface area contributed by atoms with Crippen molar-refractivity contribution < 1.29 is 9.90 Å². The number of aromatic nitrogens is 4. The van der Waals surface area contributed by atoms with Crippen molar-refractivity contribution in [1.29, 1.82) is 0 Å². The van der Waals surface area contributed by atoms with Gasteiger partial charge in [0.05, 0.1) is 11.3 Å². The summed E-state index contributed by atoms with van der Waals surface area (Å²) in [6.45, 7) is 1.38. The summed E-state index contributed by atoms with van der Waals surface area (Å²) in [5.41, 5.74) is 7.88. The Morgan fingerprint density at radius 1 is 1.10 bits per heavy atom. The van der Waals surface area contributed by atoms with Crippen LogP contribution in [0.2, 0.25) is 0 Å². The number of carboxylic acid groups (broad SMARTS) is 1. The highest BCUT2D eigenvalue weighted by atomic mass is 16.4. The van der Waals surface area contributed by atoms with Gasteiger partial charge in [0, 0.05) is 64.7 Å². The third kappa shape index (κ3) is 4.90. The molecule has 156 valence electrons. The van der Waals surface area contributed by atoms with E-state index in [-0.39, 0.29) is 5.56 Å². The smallest absolute Gasteiger partial charge is 0.338 e. The standard InChI is InChI=1S/C20H24N8O2/c1-26(10-11-28(3)20-23-12-14(13-24-20)19(29)30)16-6-4-15(5-7-16)25-17(21)18-22-8-9-27(18)2/h4-9,12-13H,10-11H2,1-3H3,(H2,21,25)(H,29,30). The van der Waals surface area contributed by atoms with Crippen molar-refractivity contribution in [2.75, 3.05) is 37.0 Å². The Morgan fingerprint density at radius 3 is 2.30 bits per heavy atom. The fourth-order valence-corrected chi connectivity index (χ4v) is 2.74. The van der Waals surface area contributed by atoms with Gasteiger partial charge in [0.15, 0.2) is 11.7 Å². The molecule has 3 rings (SSSR count). The van der Waals surface area contributed by atoms with Crippen molar-refractivity contribution >= 4 is 29.1 Å². The monoisotopic (exact) mass is 408 g/mol. The number of aliphatic imine (C=N–C) groups is 1. The van der Waals surface area contributed by atoms with Gasteiger partial charge in [-0.3, -0.25) is 0 Å². The molecule has 0 spiro atoms. The number of hydrogen-bond acceptors (Lipinski definition) is 7. The number of hydrogen-bond donors (Lipinski definition) is 2. The van der Waals surface area contributed by atoms with Crippen LogP contribution >= 0.6 is 0 Å². The summed E-state index contributed by atoms with van der Waals surface area (Å²) in [4.78, 5) is 31.7. The Balaban J connectivity index is 1.58. The van der Waals surface area contributed by atoms with E-state index in [0.29, 0.717) is 24.2 Å². The van der Waals surface area contributed by atoms with Crippen molar-refractivity contribution in [3.8, 4) is 0 Å². The predicted octanol–water partition coefficient (Wildman–Crippen LogP) is 1.52. The molecule has 10 nitrogen and oxygen atoms in total. The van der Waals surface area contributed by atoms with Crippen molar-refractivity contribution in [1.82, 2.24) is 19.5 Å². The number of benzene rings is 1. The Morgan fingerprint density at radius 2 is 1.73 bits per heavy atom. The molecule has 0 aliphatic rings. The van der Waals surface area contributed by atoms with Crippen molar-refractivity contribution in [2.24, 2.45) is 17.8 Å². The molecule has 0 radical (unpaired) electrons. The summed E-state index contributed by atoms with van der Waals surface area (Å²) < 4.78 is 1.82. The number of amidine groups is 1. The minimum Gasteiger partial charge on any atom is -0.478 e. The van der Waals surface area contributed by atoms with Crippen LogP contribution in [0.15, 0.2) is 54.0 Å². The number of carboxylic acids is 1. The molecule has 0 aliphatic carbocycles. The van der Waals surface area contributed by atoms with Crippen molar-refractivity contribution in [3.05, 3.63) is 60.4 Å². The minimum absolute atomic E-state index is 0.0653. The average molecular weight is 408 g/mol. The average Bonchev–Trinajstić information content (AvgIpc) is 3.18. The first-order valence-corrected chi connectivity index (χ1v) is 9.24.